The summed E-state index contributed by atoms with van der Waals surface area (Å²) >= 11 is 0. The summed E-state index contributed by atoms with van der Waals surface area (Å²) in [4.78, 5) is 0. The molecule has 0 saturated carbocycles. The third-order valence-corrected chi connectivity index (χ3v) is 2.72. The smallest absolute Gasteiger partial charge is 0.0807 e. The SMILES string of the molecule is COC1(CC(C)(C)C)CCCNC1. The highest BCUT2D eigenvalue weighted by molar-refractivity contribution is 4.90. The molecule has 1 saturated heterocycles. The second-order valence-electron chi connectivity index (χ2n) is 5.40. The van der Waals surface area contributed by atoms with E-state index < -0.39 is 0 Å². The molecule has 0 aromatic carbocycles. The average molecular weight is 185 g/mol. The van der Waals surface area contributed by atoms with E-state index in [1.54, 1.807) is 0 Å². The lowest BCUT2D eigenvalue weighted by atomic mass is 9.78. The molecule has 1 heterocycles. The molecule has 0 aliphatic carbocycles. The molecule has 1 rings (SSSR count). The zero-order valence-electron chi connectivity index (χ0n) is 9.44. The van der Waals surface area contributed by atoms with Crippen molar-refractivity contribution in [3.8, 4) is 0 Å². The lowest BCUT2D eigenvalue weighted by Gasteiger charge is -2.40. The molecule has 1 fully saturated rings. The zero-order chi connectivity index (χ0) is 9.95. The lowest BCUT2D eigenvalue weighted by molar-refractivity contribution is -0.0554. The number of rotatable bonds is 2. The summed E-state index contributed by atoms with van der Waals surface area (Å²) in [6.07, 6.45) is 3.58. The van der Waals surface area contributed by atoms with E-state index in [9.17, 15) is 0 Å². The van der Waals surface area contributed by atoms with E-state index >= 15 is 0 Å². The van der Waals surface area contributed by atoms with E-state index in [2.05, 4.69) is 26.1 Å². The quantitative estimate of drug-likeness (QED) is 0.712. The molecule has 0 radical (unpaired) electrons. The van der Waals surface area contributed by atoms with Gasteiger partial charge in [0.2, 0.25) is 0 Å². The van der Waals surface area contributed by atoms with Gasteiger partial charge in [-0.15, -0.1) is 0 Å². The van der Waals surface area contributed by atoms with Crippen molar-refractivity contribution < 1.29 is 4.74 Å². The van der Waals surface area contributed by atoms with Gasteiger partial charge in [-0.05, 0) is 31.2 Å². The van der Waals surface area contributed by atoms with Crippen LogP contribution in [0.3, 0.4) is 0 Å². The van der Waals surface area contributed by atoms with Gasteiger partial charge in [0.25, 0.3) is 0 Å². The minimum atomic E-state index is 0.0938. The van der Waals surface area contributed by atoms with E-state index in [4.69, 9.17) is 4.74 Å². The maximum absolute atomic E-state index is 5.69. The zero-order valence-corrected chi connectivity index (χ0v) is 9.44. The van der Waals surface area contributed by atoms with E-state index in [0.717, 1.165) is 19.5 Å². The molecule has 1 N–H and O–H groups in total. The molecule has 0 spiro atoms. The molecule has 0 bridgehead atoms. The van der Waals surface area contributed by atoms with Crippen molar-refractivity contribution >= 4 is 0 Å². The summed E-state index contributed by atoms with van der Waals surface area (Å²) in [6, 6.07) is 0. The van der Waals surface area contributed by atoms with Crippen molar-refractivity contribution in [2.45, 2.75) is 45.6 Å². The molecule has 1 atom stereocenters. The maximum atomic E-state index is 5.69. The summed E-state index contributed by atoms with van der Waals surface area (Å²) in [5, 5.41) is 3.42. The van der Waals surface area contributed by atoms with Crippen molar-refractivity contribution in [1.82, 2.24) is 5.32 Å². The number of nitrogens with one attached hydrogen (secondary N) is 1. The van der Waals surface area contributed by atoms with Gasteiger partial charge in [-0.3, -0.25) is 0 Å². The van der Waals surface area contributed by atoms with Gasteiger partial charge < -0.3 is 10.1 Å². The number of hydrogen-bond donors (Lipinski definition) is 1. The normalized spacial score (nSPS) is 30.5. The van der Waals surface area contributed by atoms with E-state index in [-0.39, 0.29) is 5.60 Å². The number of methoxy groups -OCH3 is 1. The minimum absolute atomic E-state index is 0.0938. The van der Waals surface area contributed by atoms with Gasteiger partial charge in [-0.1, -0.05) is 20.8 Å². The predicted octanol–water partition coefficient (Wildman–Crippen LogP) is 2.19. The Morgan fingerprint density at radius 1 is 1.38 bits per heavy atom. The van der Waals surface area contributed by atoms with E-state index in [1.807, 2.05) is 7.11 Å². The molecule has 1 aliphatic heterocycles. The Morgan fingerprint density at radius 2 is 2.08 bits per heavy atom. The van der Waals surface area contributed by atoms with E-state index in [1.165, 1.54) is 12.8 Å². The molecule has 2 nitrogen and oxygen atoms in total. The first-order valence-corrected chi connectivity index (χ1v) is 5.23. The fraction of sp³-hybridized carbons (Fsp3) is 1.00. The summed E-state index contributed by atoms with van der Waals surface area (Å²) in [5.74, 6) is 0. The number of ether oxygens (including phenoxy) is 1. The van der Waals surface area contributed by atoms with Crippen molar-refractivity contribution in [3.63, 3.8) is 0 Å². The number of piperidine rings is 1. The van der Waals surface area contributed by atoms with Crippen LogP contribution in [0.1, 0.15) is 40.0 Å². The highest BCUT2D eigenvalue weighted by Crippen LogP contribution is 2.33. The summed E-state index contributed by atoms with van der Waals surface area (Å²) in [7, 11) is 1.85. The Morgan fingerprint density at radius 3 is 2.46 bits per heavy atom. The monoisotopic (exact) mass is 185 g/mol. The maximum Gasteiger partial charge on any atom is 0.0807 e. The minimum Gasteiger partial charge on any atom is -0.377 e. The first-order chi connectivity index (χ1) is 5.97. The van der Waals surface area contributed by atoms with Gasteiger partial charge in [0.1, 0.15) is 0 Å². The van der Waals surface area contributed by atoms with Crippen LogP contribution in [0.4, 0.5) is 0 Å². The molecule has 78 valence electrons. The van der Waals surface area contributed by atoms with Crippen LogP contribution < -0.4 is 5.32 Å². The Bertz CT molecular complexity index is 154. The Kier molecular flexibility index (Phi) is 3.36. The van der Waals surface area contributed by atoms with Crippen LogP contribution in [0.5, 0.6) is 0 Å². The first kappa shape index (κ1) is 11.0. The lowest BCUT2D eigenvalue weighted by Crippen LogP contribution is -2.49. The average Bonchev–Trinajstić information content (AvgIpc) is 2.03. The first-order valence-electron chi connectivity index (χ1n) is 5.23. The van der Waals surface area contributed by atoms with Gasteiger partial charge in [0.15, 0.2) is 0 Å². The molecular formula is C11H23NO. The second kappa shape index (κ2) is 3.97. The molecule has 1 aliphatic rings. The van der Waals surface area contributed by atoms with Crippen LogP contribution in [-0.2, 0) is 4.74 Å². The van der Waals surface area contributed by atoms with Gasteiger partial charge in [0.05, 0.1) is 5.60 Å². The van der Waals surface area contributed by atoms with Gasteiger partial charge in [-0.25, -0.2) is 0 Å². The Hall–Kier alpha value is -0.0800. The van der Waals surface area contributed by atoms with Crippen molar-refractivity contribution in [1.29, 1.82) is 0 Å². The van der Waals surface area contributed by atoms with Crippen LogP contribution in [0.15, 0.2) is 0 Å². The van der Waals surface area contributed by atoms with Crippen LogP contribution in [0, 0.1) is 5.41 Å². The second-order valence-corrected chi connectivity index (χ2v) is 5.40. The highest BCUT2D eigenvalue weighted by atomic mass is 16.5. The van der Waals surface area contributed by atoms with Crippen molar-refractivity contribution in [3.05, 3.63) is 0 Å². The van der Waals surface area contributed by atoms with Gasteiger partial charge in [0, 0.05) is 13.7 Å². The molecule has 2 heteroatoms. The topological polar surface area (TPSA) is 21.3 Å². The summed E-state index contributed by atoms with van der Waals surface area (Å²) in [5.41, 5.74) is 0.450. The highest BCUT2D eigenvalue weighted by Gasteiger charge is 2.35. The van der Waals surface area contributed by atoms with Crippen molar-refractivity contribution in [2.24, 2.45) is 5.41 Å². The van der Waals surface area contributed by atoms with Crippen LogP contribution in [0.25, 0.3) is 0 Å². The third-order valence-electron chi connectivity index (χ3n) is 2.72. The largest absolute Gasteiger partial charge is 0.377 e. The van der Waals surface area contributed by atoms with Crippen molar-refractivity contribution in [2.75, 3.05) is 20.2 Å². The third kappa shape index (κ3) is 3.28. The van der Waals surface area contributed by atoms with Gasteiger partial charge >= 0.3 is 0 Å². The van der Waals surface area contributed by atoms with Gasteiger partial charge in [-0.2, -0.15) is 0 Å². The van der Waals surface area contributed by atoms with Crippen LogP contribution in [0.2, 0.25) is 0 Å². The van der Waals surface area contributed by atoms with E-state index in [0.29, 0.717) is 5.41 Å². The molecule has 13 heavy (non-hydrogen) atoms. The van der Waals surface area contributed by atoms with Crippen LogP contribution in [-0.4, -0.2) is 25.8 Å². The fourth-order valence-electron chi connectivity index (χ4n) is 2.30. The van der Waals surface area contributed by atoms with Crippen LogP contribution >= 0.6 is 0 Å². The molecule has 1 unspecified atom stereocenters. The Balaban J connectivity index is 2.57. The summed E-state index contributed by atoms with van der Waals surface area (Å²) in [6.45, 7) is 9.00. The predicted molar refractivity (Wildman–Crippen MR) is 55.9 cm³/mol. The Labute approximate surface area is 82.0 Å². The number of hydrogen-bond acceptors (Lipinski definition) is 2. The molecule has 0 aromatic rings. The molecular weight excluding hydrogens is 162 g/mol. The fourth-order valence-corrected chi connectivity index (χ4v) is 2.30. The molecule has 0 amide bonds. The summed E-state index contributed by atoms with van der Waals surface area (Å²) < 4.78 is 5.69. The molecule has 0 aromatic heterocycles. The standard InChI is InChI=1S/C11H23NO/c1-10(2,3)8-11(13-4)6-5-7-12-9-11/h12H,5-9H2,1-4H3.